The lowest BCUT2D eigenvalue weighted by Gasteiger charge is -2.30. The van der Waals surface area contributed by atoms with Crippen LogP contribution in [0, 0.1) is 0 Å². The fourth-order valence-corrected chi connectivity index (χ4v) is 3.45. The molecule has 2 amide bonds. The maximum atomic E-state index is 13.2. The Bertz CT molecular complexity index is 973. The first-order valence-corrected chi connectivity index (χ1v) is 10.3. The number of nitrogens with one attached hydrogen (secondary N) is 1. The van der Waals surface area contributed by atoms with Crippen LogP contribution in [0.15, 0.2) is 84.9 Å². The SMILES string of the molecule is COc1ccc(CN(C(C)=O)[C@H](Cc2ccccc2)C(=O)NCc2ccccc2)cc1. The van der Waals surface area contributed by atoms with Crippen LogP contribution in [0.25, 0.3) is 0 Å². The molecule has 0 radical (unpaired) electrons. The number of nitrogens with zero attached hydrogens (tertiary/aromatic N) is 1. The van der Waals surface area contributed by atoms with E-state index in [0.717, 1.165) is 22.4 Å². The van der Waals surface area contributed by atoms with E-state index >= 15 is 0 Å². The van der Waals surface area contributed by atoms with E-state index in [0.29, 0.717) is 19.5 Å². The Morgan fingerprint density at radius 1 is 0.839 bits per heavy atom. The van der Waals surface area contributed by atoms with Crippen LogP contribution in [0.3, 0.4) is 0 Å². The fraction of sp³-hybridized carbons (Fsp3) is 0.231. The molecule has 0 aliphatic rings. The van der Waals surface area contributed by atoms with E-state index in [1.807, 2.05) is 84.9 Å². The minimum Gasteiger partial charge on any atom is -0.497 e. The number of rotatable bonds is 9. The molecule has 5 nitrogen and oxygen atoms in total. The van der Waals surface area contributed by atoms with E-state index in [9.17, 15) is 9.59 Å². The second-order valence-corrected chi connectivity index (χ2v) is 7.40. The van der Waals surface area contributed by atoms with Crippen molar-refractivity contribution >= 4 is 11.8 Å². The highest BCUT2D eigenvalue weighted by atomic mass is 16.5. The monoisotopic (exact) mass is 416 g/mol. The van der Waals surface area contributed by atoms with Crippen molar-refractivity contribution in [2.24, 2.45) is 0 Å². The van der Waals surface area contributed by atoms with E-state index in [1.165, 1.54) is 6.92 Å². The van der Waals surface area contributed by atoms with Crippen molar-refractivity contribution in [1.29, 1.82) is 0 Å². The van der Waals surface area contributed by atoms with Crippen molar-refractivity contribution in [3.63, 3.8) is 0 Å². The largest absolute Gasteiger partial charge is 0.497 e. The van der Waals surface area contributed by atoms with Gasteiger partial charge >= 0.3 is 0 Å². The van der Waals surface area contributed by atoms with Crippen LogP contribution < -0.4 is 10.1 Å². The molecule has 0 aliphatic carbocycles. The van der Waals surface area contributed by atoms with Crippen LogP contribution in [0.2, 0.25) is 0 Å². The van der Waals surface area contributed by atoms with Crippen molar-refractivity contribution in [3.05, 3.63) is 102 Å². The molecule has 5 heteroatoms. The summed E-state index contributed by atoms with van der Waals surface area (Å²) in [5, 5.41) is 3.01. The topological polar surface area (TPSA) is 58.6 Å². The van der Waals surface area contributed by atoms with E-state index < -0.39 is 6.04 Å². The predicted octanol–water partition coefficient (Wildman–Crippen LogP) is 3.97. The van der Waals surface area contributed by atoms with Gasteiger partial charge in [-0.05, 0) is 28.8 Å². The molecule has 1 atom stereocenters. The summed E-state index contributed by atoms with van der Waals surface area (Å²) in [5.41, 5.74) is 2.95. The Morgan fingerprint density at radius 2 is 1.42 bits per heavy atom. The molecule has 0 spiro atoms. The molecule has 0 aromatic heterocycles. The molecular formula is C26H28N2O3. The number of hydrogen-bond acceptors (Lipinski definition) is 3. The molecule has 0 bridgehead atoms. The number of amides is 2. The average Bonchev–Trinajstić information content (AvgIpc) is 2.81. The molecular weight excluding hydrogens is 388 g/mol. The third kappa shape index (κ3) is 6.44. The highest BCUT2D eigenvalue weighted by Crippen LogP contribution is 2.17. The molecule has 0 heterocycles. The lowest BCUT2D eigenvalue weighted by atomic mass is 10.0. The summed E-state index contributed by atoms with van der Waals surface area (Å²) >= 11 is 0. The molecule has 1 N–H and O–H groups in total. The van der Waals surface area contributed by atoms with Crippen LogP contribution in [-0.4, -0.2) is 29.9 Å². The highest BCUT2D eigenvalue weighted by Gasteiger charge is 2.28. The minimum atomic E-state index is -0.620. The summed E-state index contributed by atoms with van der Waals surface area (Å²) in [6.45, 7) is 2.26. The Hall–Kier alpha value is -3.60. The number of carbonyl (C=O) groups is 2. The maximum absolute atomic E-state index is 13.2. The normalized spacial score (nSPS) is 11.4. The number of ether oxygens (including phenoxy) is 1. The van der Waals surface area contributed by atoms with Crippen LogP contribution >= 0.6 is 0 Å². The van der Waals surface area contributed by atoms with Crippen LogP contribution in [0.5, 0.6) is 5.75 Å². The summed E-state index contributed by atoms with van der Waals surface area (Å²) < 4.78 is 5.22. The quantitative estimate of drug-likeness (QED) is 0.574. The molecule has 0 fully saturated rings. The van der Waals surface area contributed by atoms with Gasteiger partial charge in [-0.25, -0.2) is 0 Å². The predicted molar refractivity (Wildman–Crippen MR) is 121 cm³/mol. The van der Waals surface area contributed by atoms with Crippen molar-refractivity contribution in [3.8, 4) is 5.75 Å². The molecule has 160 valence electrons. The van der Waals surface area contributed by atoms with E-state index in [-0.39, 0.29) is 11.8 Å². The number of benzene rings is 3. The molecule has 0 aliphatic heterocycles. The van der Waals surface area contributed by atoms with Gasteiger partial charge in [-0.3, -0.25) is 9.59 Å². The molecule has 0 saturated carbocycles. The standard InChI is InChI=1S/C26H28N2O3/c1-20(29)28(19-23-13-15-24(31-2)16-14-23)25(17-21-9-5-3-6-10-21)26(30)27-18-22-11-7-4-8-12-22/h3-16,25H,17-19H2,1-2H3,(H,27,30)/t25-/m1/s1. The molecule has 0 unspecified atom stereocenters. The summed E-state index contributed by atoms with van der Waals surface area (Å²) in [5.74, 6) is 0.433. The van der Waals surface area contributed by atoms with Gasteiger partial charge < -0.3 is 15.0 Å². The van der Waals surface area contributed by atoms with Crippen molar-refractivity contribution in [2.75, 3.05) is 7.11 Å². The van der Waals surface area contributed by atoms with E-state index in [2.05, 4.69) is 5.32 Å². The lowest BCUT2D eigenvalue weighted by Crippen LogP contribution is -2.49. The fourth-order valence-electron chi connectivity index (χ4n) is 3.45. The Kier molecular flexibility index (Phi) is 7.82. The van der Waals surface area contributed by atoms with Gasteiger partial charge in [0.15, 0.2) is 0 Å². The summed E-state index contributed by atoms with van der Waals surface area (Å²) in [6, 6.07) is 26.4. The summed E-state index contributed by atoms with van der Waals surface area (Å²) in [7, 11) is 1.61. The molecule has 31 heavy (non-hydrogen) atoms. The zero-order valence-corrected chi connectivity index (χ0v) is 18.0. The Morgan fingerprint density at radius 3 is 1.97 bits per heavy atom. The molecule has 3 rings (SSSR count). The zero-order valence-electron chi connectivity index (χ0n) is 18.0. The van der Waals surface area contributed by atoms with Gasteiger partial charge in [0.1, 0.15) is 11.8 Å². The second kappa shape index (κ2) is 11.0. The Labute approximate surface area is 183 Å². The van der Waals surface area contributed by atoms with Gasteiger partial charge in [0.25, 0.3) is 0 Å². The first-order valence-electron chi connectivity index (χ1n) is 10.3. The smallest absolute Gasteiger partial charge is 0.243 e. The molecule has 3 aromatic rings. The van der Waals surface area contributed by atoms with Crippen LogP contribution in [0.4, 0.5) is 0 Å². The van der Waals surface area contributed by atoms with Gasteiger partial charge in [0, 0.05) is 26.4 Å². The molecule has 3 aromatic carbocycles. The number of methoxy groups -OCH3 is 1. The summed E-state index contributed by atoms with van der Waals surface area (Å²) in [4.78, 5) is 27.5. The van der Waals surface area contributed by atoms with Crippen molar-refractivity contribution in [1.82, 2.24) is 10.2 Å². The van der Waals surface area contributed by atoms with E-state index in [1.54, 1.807) is 12.0 Å². The van der Waals surface area contributed by atoms with Crippen molar-refractivity contribution in [2.45, 2.75) is 32.5 Å². The average molecular weight is 417 g/mol. The third-order valence-electron chi connectivity index (χ3n) is 5.18. The van der Waals surface area contributed by atoms with E-state index in [4.69, 9.17) is 4.74 Å². The first kappa shape index (κ1) is 22.1. The van der Waals surface area contributed by atoms with Gasteiger partial charge in [-0.15, -0.1) is 0 Å². The van der Waals surface area contributed by atoms with Gasteiger partial charge in [0.2, 0.25) is 11.8 Å². The van der Waals surface area contributed by atoms with Gasteiger partial charge in [-0.2, -0.15) is 0 Å². The van der Waals surface area contributed by atoms with Crippen molar-refractivity contribution < 1.29 is 14.3 Å². The maximum Gasteiger partial charge on any atom is 0.243 e. The first-order chi connectivity index (χ1) is 15.1. The molecule has 0 saturated heterocycles. The minimum absolute atomic E-state index is 0.147. The second-order valence-electron chi connectivity index (χ2n) is 7.40. The van der Waals surface area contributed by atoms with Crippen LogP contribution in [0.1, 0.15) is 23.6 Å². The van der Waals surface area contributed by atoms with Gasteiger partial charge in [-0.1, -0.05) is 72.8 Å². The highest BCUT2D eigenvalue weighted by molar-refractivity contribution is 5.87. The Balaban J connectivity index is 1.81. The van der Waals surface area contributed by atoms with Crippen LogP contribution in [-0.2, 0) is 29.1 Å². The number of carbonyl (C=O) groups excluding carboxylic acids is 2. The zero-order chi connectivity index (χ0) is 22.1. The van der Waals surface area contributed by atoms with Gasteiger partial charge in [0.05, 0.1) is 7.11 Å². The third-order valence-corrected chi connectivity index (χ3v) is 5.18. The lowest BCUT2D eigenvalue weighted by molar-refractivity contribution is -0.139. The summed E-state index contributed by atoms with van der Waals surface area (Å²) in [6.07, 6.45) is 0.442. The number of hydrogen-bond donors (Lipinski definition) is 1.